The zero-order valence-electron chi connectivity index (χ0n) is 10.0. The van der Waals surface area contributed by atoms with Crippen molar-refractivity contribution in [3.63, 3.8) is 0 Å². The molecular weight excluding hydrogens is 216 g/mol. The van der Waals surface area contributed by atoms with Crippen molar-refractivity contribution >= 4 is 11.7 Å². The molecule has 1 unspecified atom stereocenters. The number of anilines is 1. The lowest BCUT2D eigenvalue weighted by molar-refractivity contribution is -0.148. The molecule has 1 aromatic carbocycles. The highest BCUT2D eigenvalue weighted by Gasteiger charge is 2.37. The zero-order chi connectivity index (χ0) is 12.3. The number of hydrazine groups is 1. The van der Waals surface area contributed by atoms with Crippen LogP contribution in [0.1, 0.15) is 13.8 Å². The molecule has 0 saturated carbocycles. The monoisotopic (exact) mass is 232 g/mol. The molecule has 4 heteroatoms. The molecule has 1 N–H and O–H groups in total. The van der Waals surface area contributed by atoms with Gasteiger partial charge in [0.05, 0.1) is 12.3 Å². The Morgan fingerprint density at radius 2 is 2.12 bits per heavy atom. The third kappa shape index (κ3) is 2.31. The lowest BCUT2D eigenvalue weighted by Gasteiger charge is -2.25. The van der Waals surface area contributed by atoms with Gasteiger partial charge in [-0.05, 0) is 32.1 Å². The molecule has 0 saturated heterocycles. The fourth-order valence-electron chi connectivity index (χ4n) is 1.68. The maximum Gasteiger partial charge on any atom is 0.331 e. The molecule has 0 aromatic heterocycles. The average Bonchev–Trinajstić information content (AvgIpc) is 2.75. The van der Waals surface area contributed by atoms with Gasteiger partial charge in [-0.15, -0.1) is 0 Å². The smallest absolute Gasteiger partial charge is 0.331 e. The SMILES string of the molecule is CCOC(=O)C1(C)C=CN(c2ccccc2)N1. The number of rotatable bonds is 3. The molecule has 0 spiro atoms. The Morgan fingerprint density at radius 1 is 1.41 bits per heavy atom. The molecular formula is C13H16N2O2. The van der Waals surface area contributed by atoms with Crippen LogP contribution < -0.4 is 10.4 Å². The largest absolute Gasteiger partial charge is 0.464 e. The van der Waals surface area contributed by atoms with E-state index in [0.29, 0.717) is 6.61 Å². The summed E-state index contributed by atoms with van der Waals surface area (Å²) in [6.45, 7) is 3.98. The number of ether oxygens (including phenoxy) is 1. The number of hydrogen-bond donors (Lipinski definition) is 1. The minimum absolute atomic E-state index is 0.269. The summed E-state index contributed by atoms with van der Waals surface area (Å²) in [5.41, 5.74) is 3.31. The molecule has 1 atom stereocenters. The Bertz CT molecular complexity index is 430. The van der Waals surface area contributed by atoms with Gasteiger partial charge < -0.3 is 4.74 Å². The molecule has 1 aliphatic heterocycles. The molecule has 0 fully saturated rings. The second-order valence-electron chi connectivity index (χ2n) is 4.06. The first-order valence-electron chi connectivity index (χ1n) is 5.64. The maximum absolute atomic E-state index is 11.8. The lowest BCUT2D eigenvalue weighted by atomic mass is 10.1. The van der Waals surface area contributed by atoms with Gasteiger partial charge in [-0.2, -0.15) is 0 Å². The Hall–Kier alpha value is -1.81. The van der Waals surface area contributed by atoms with Crippen LogP contribution in [0.5, 0.6) is 0 Å². The molecule has 90 valence electrons. The number of benzene rings is 1. The number of nitrogens with one attached hydrogen (secondary N) is 1. The first-order valence-corrected chi connectivity index (χ1v) is 5.64. The van der Waals surface area contributed by atoms with Gasteiger partial charge in [-0.25, -0.2) is 10.2 Å². The predicted molar refractivity (Wildman–Crippen MR) is 66.2 cm³/mol. The second kappa shape index (κ2) is 4.59. The molecule has 2 rings (SSSR count). The van der Waals surface area contributed by atoms with Gasteiger partial charge in [0.25, 0.3) is 0 Å². The van der Waals surface area contributed by atoms with Crippen LogP contribution in [0, 0.1) is 0 Å². The van der Waals surface area contributed by atoms with E-state index in [2.05, 4.69) is 5.43 Å². The maximum atomic E-state index is 11.8. The van der Waals surface area contributed by atoms with Gasteiger partial charge in [0.2, 0.25) is 0 Å². The Kier molecular flexibility index (Phi) is 3.15. The third-order valence-corrected chi connectivity index (χ3v) is 2.64. The number of para-hydroxylation sites is 1. The quantitative estimate of drug-likeness (QED) is 0.807. The van der Waals surface area contributed by atoms with E-state index >= 15 is 0 Å². The summed E-state index contributed by atoms with van der Waals surface area (Å²) < 4.78 is 5.03. The molecule has 0 bridgehead atoms. The van der Waals surface area contributed by atoms with Crippen LogP contribution >= 0.6 is 0 Å². The van der Waals surface area contributed by atoms with Crippen LogP contribution in [-0.4, -0.2) is 18.1 Å². The summed E-state index contributed by atoms with van der Waals surface area (Å²) in [6.07, 6.45) is 3.64. The van der Waals surface area contributed by atoms with E-state index in [1.54, 1.807) is 19.9 Å². The van der Waals surface area contributed by atoms with Crippen molar-refractivity contribution in [1.29, 1.82) is 0 Å². The average molecular weight is 232 g/mol. The molecule has 0 amide bonds. The van der Waals surface area contributed by atoms with Crippen molar-refractivity contribution in [3.8, 4) is 0 Å². The number of carbonyl (C=O) groups excluding carboxylic acids is 1. The minimum Gasteiger partial charge on any atom is -0.464 e. The molecule has 4 nitrogen and oxygen atoms in total. The van der Waals surface area contributed by atoms with Gasteiger partial charge in [-0.1, -0.05) is 18.2 Å². The van der Waals surface area contributed by atoms with Gasteiger partial charge in [0, 0.05) is 6.20 Å². The number of hydrogen-bond acceptors (Lipinski definition) is 4. The Balaban J connectivity index is 2.11. The van der Waals surface area contributed by atoms with Crippen LogP contribution in [0.4, 0.5) is 5.69 Å². The summed E-state index contributed by atoms with van der Waals surface area (Å²) in [6, 6.07) is 9.78. The van der Waals surface area contributed by atoms with E-state index in [4.69, 9.17) is 4.74 Å². The van der Waals surface area contributed by atoms with Crippen molar-refractivity contribution in [2.45, 2.75) is 19.4 Å². The molecule has 17 heavy (non-hydrogen) atoms. The van der Waals surface area contributed by atoms with Crippen molar-refractivity contribution in [2.24, 2.45) is 0 Å². The summed E-state index contributed by atoms with van der Waals surface area (Å²) >= 11 is 0. The van der Waals surface area contributed by atoms with Crippen LogP contribution in [0.3, 0.4) is 0 Å². The van der Waals surface area contributed by atoms with E-state index in [1.807, 2.05) is 41.5 Å². The number of nitrogens with zero attached hydrogens (tertiary/aromatic N) is 1. The Morgan fingerprint density at radius 3 is 2.76 bits per heavy atom. The molecule has 1 aliphatic rings. The molecule has 0 radical (unpaired) electrons. The first-order chi connectivity index (χ1) is 8.15. The van der Waals surface area contributed by atoms with Crippen molar-refractivity contribution in [3.05, 3.63) is 42.6 Å². The van der Waals surface area contributed by atoms with Gasteiger partial charge in [0.1, 0.15) is 0 Å². The van der Waals surface area contributed by atoms with Crippen molar-refractivity contribution < 1.29 is 9.53 Å². The highest BCUT2D eigenvalue weighted by molar-refractivity contribution is 5.84. The lowest BCUT2D eigenvalue weighted by Crippen LogP contribution is -2.51. The highest BCUT2D eigenvalue weighted by Crippen LogP contribution is 2.22. The van der Waals surface area contributed by atoms with Gasteiger partial charge in [0.15, 0.2) is 5.54 Å². The zero-order valence-corrected chi connectivity index (χ0v) is 10.0. The van der Waals surface area contributed by atoms with E-state index in [-0.39, 0.29) is 5.97 Å². The first kappa shape index (κ1) is 11.7. The van der Waals surface area contributed by atoms with Crippen molar-refractivity contribution in [1.82, 2.24) is 5.43 Å². The van der Waals surface area contributed by atoms with Crippen molar-refractivity contribution in [2.75, 3.05) is 11.6 Å². The topological polar surface area (TPSA) is 41.6 Å². The van der Waals surface area contributed by atoms with Crippen LogP contribution in [0.2, 0.25) is 0 Å². The summed E-state index contributed by atoms with van der Waals surface area (Å²) in [5, 5.41) is 1.82. The molecule has 1 heterocycles. The summed E-state index contributed by atoms with van der Waals surface area (Å²) in [4.78, 5) is 11.8. The van der Waals surface area contributed by atoms with E-state index in [9.17, 15) is 4.79 Å². The van der Waals surface area contributed by atoms with Crippen LogP contribution in [0.15, 0.2) is 42.6 Å². The minimum atomic E-state index is -0.786. The van der Waals surface area contributed by atoms with Gasteiger partial charge in [-0.3, -0.25) is 5.01 Å². The highest BCUT2D eigenvalue weighted by atomic mass is 16.5. The standard InChI is InChI=1S/C13H16N2O2/c1-3-17-12(16)13(2)9-10-15(14-13)11-7-5-4-6-8-11/h4-10,14H,3H2,1-2H3. The fraction of sp³-hybridized carbons (Fsp3) is 0.308. The fourth-order valence-corrected chi connectivity index (χ4v) is 1.68. The van der Waals surface area contributed by atoms with Crippen LogP contribution in [0.25, 0.3) is 0 Å². The van der Waals surface area contributed by atoms with E-state index in [0.717, 1.165) is 5.69 Å². The third-order valence-electron chi connectivity index (χ3n) is 2.64. The second-order valence-corrected chi connectivity index (χ2v) is 4.06. The normalized spacial score (nSPS) is 22.8. The number of carbonyl (C=O) groups is 1. The summed E-state index contributed by atoms with van der Waals surface area (Å²) in [5.74, 6) is -0.269. The van der Waals surface area contributed by atoms with Gasteiger partial charge >= 0.3 is 5.97 Å². The molecule has 1 aromatic rings. The number of esters is 1. The Labute approximate surface area is 101 Å². The summed E-state index contributed by atoms with van der Waals surface area (Å²) in [7, 11) is 0. The van der Waals surface area contributed by atoms with E-state index in [1.165, 1.54) is 0 Å². The van der Waals surface area contributed by atoms with Crippen LogP contribution in [-0.2, 0) is 9.53 Å². The predicted octanol–water partition coefficient (Wildman–Crippen LogP) is 1.85. The molecule has 0 aliphatic carbocycles. The van der Waals surface area contributed by atoms with E-state index < -0.39 is 5.54 Å².